The molecule has 0 rings (SSSR count). The van der Waals surface area contributed by atoms with Crippen molar-refractivity contribution in [3.8, 4) is 0 Å². The second-order valence-corrected chi connectivity index (χ2v) is 5.68. The molecule has 2 radical (unpaired) electrons. The van der Waals surface area contributed by atoms with Gasteiger partial charge < -0.3 is 10.8 Å². The maximum atomic E-state index is 9.61. The average molecular weight is 229 g/mol. The Labute approximate surface area is 97.5 Å². The third-order valence-corrected chi connectivity index (χ3v) is 3.95. The van der Waals surface area contributed by atoms with Gasteiger partial charge in [0.1, 0.15) is 0 Å². The van der Waals surface area contributed by atoms with Crippen LogP contribution in [-0.4, -0.2) is 27.3 Å². The number of unbranched alkanes of at least 4 members (excludes halogenated alkanes) is 3. The van der Waals surface area contributed by atoms with Gasteiger partial charge in [-0.2, -0.15) is 0 Å². The van der Waals surface area contributed by atoms with E-state index < -0.39 is 0 Å². The highest BCUT2D eigenvalue weighted by atomic mass is 28.2. The van der Waals surface area contributed by atoms with Crippen molar-refractivity contribution in [2.75, 3.05) is 6.54 Å². The van der Waals surface area contributed by atoms with E-state index in [1.165, 1.54) is 44.2 Å². The molecule has 2 nitrogen and oxygen atoms in total. The first-order valence-electron chi connectivity index (χ1n) is 6.40. The van der Waals surface area contributed by atoms with Crippen LogP contribution in [-0.2, 0) is 0 Å². The van der Waals surface area contributed by atoms with Gasteiger partial charge in [-0.3, -0.25) is 0 Å². The van der Waals surface area contributed by atoms with Crippen molar-refractivity contribution in [3.05, 3.63) is 0 Å². The Hall–Kier alpha value is 0.137. The van der Waals surface area contributed by atoms with Crippen LogP contribution in [0, 0.1) is 0 Å². The minimum absolute atomic E-state index is 0.0450. The summed E-state index contributed by atoms with van der Waals surface area (Å²) in [6, 6.07) is 2.53. The highest BCUT2D eigenvalue weighted by molar-refractivity contribution is 6.35. The largest absolute Gasteiger partial charge is 0.393 e. The molecule has 3 heteroatoms. The summed E-state index contributed by atoms with van der Waals surface area (Å²) >= 11 is 0. The van der Waals surface area contributed by atoms with Crippen molar-refractivity contribution in [2.45, 2.75) is 70.1 Å². The van der Waals surface area contributed by atoms with E-state index in [1.807, 2.05) is 0 Å². The fraction of sp³-hybridized carbons (Fsp3) is 1.00. The van der Waals surface area contributed by atoms with Gasteiger partial charge in [0.05, 0.1) is 6.10 Å². The summed E-state index contributed by atoms with van der Waals surface area (Å²) in [5.74, 6) is 0. The van der Waals surface area contributed by atoms with Gasteiger partial charge in [0, 0.05) is 9.52 Å². The summed E-state index contributed by atoms with van der Waals surface area (Å²) in [7, 11) is 1.05. The van der Waals surface area contributed by atoms with Crippen LogP contribution in [0.2, 0.25) is 12.1 Å². The molecular formula is C12H27NOSi. The smallest absolute Gasteiger partial charge is 0.0540 e. The van der Waals surface area contributed by atoms with Gasteiger partial charge in [0.25, 0.3) is 0 Å². The van der Waals surface area contributed by atoms with Gasteiger partial charge in [-0.05, 0) is 25.4 Å². The molecular weight excluding hydrogens is 202 g/mol. The molecule has 0 bridgehead atoms. The maximum Gasteiger partial charge on any atom is 0.0540 e. The molecule has 0 heterocycles. The van der Waals surface area contributed by atoms with Gasteiger partial charge >= 0.3 is 0 Å². The van der Waals surface area contributed by atoms with Crippen LogP contribution in [0.4, 0.5) is 0 Å². The lowest BCUT2D eigenvalue weighted by Gasteiger charge is -2.09. The van der Waals surface area contributed by atoms with Gasteiger partial charge in [-0.25, -0.2) is 0 Å². The number of hydrogen-bond donors (Lipinski definition) is 2. The van der Waals surface area contributed by atoms with E-state index in [2.05, 4.69) is 6.92 Å². The minimum atomic E-state index is -0.0450. The predicted molar refractivity (Wildman–Crippen MR) is 68.4 cm³/mol. The van der Waals surface area contributed by atoms with Crippen LogP contribution in [0.3, 0.4) is 0 Å². The predicted octanol–water partition coefficient (Wildman–Crippen LogP) is 2.60. The Bertz CT molecular complexity index is 122. The molecule has 0 spiro atoms. The van der Waals surface area contributed by atoms with E-state index in [9.17, 15) is 5.11 Å². The fourth-order valence-corrected chi connectivity index (χ4v) is 2.57. The number of aliphatic hydroxyl groups is 1. The van der Waals surface area contributed by atoms with Gasteiger partial charge in [-0.15, -0.1) is 0 Å². The normalized spacial score (nSPS) is 13.0. The van der Waals surface area contributed by atoms with E-state index in [4.69, 9.17) is 5.73 Å². The quantitative estimate of drug-likeness (QED) is 0.422. The number of rotatable bonds is 11. The summed E-state index contributed by atoms with van der Waals surface area (Å²) in [6.45, 7) is 3.01. The van der Waals surface area contributed by atoms with E-state index in [1.54, 1.807) is 0 Å². The zero-order valence-corrected chi connectivity index (χ0v) is 11.2. The standard InChI is InChI=1S/C12H27NOSi/c1-2-3-7-12(14)8-5-4-6-10-15-11-9-13/h12,14H,2-11,13H2,1H3. The molecule has 0 fully saturated rings. The lowest BCUT2D eigenvalue weighted by molar-refractivity contribution is 0.148. The Morgan fingerprint density at radius 3 is 2.47 bits per heavy atom. The summed E-state index contributed by atoms with van der Waals surface area (Å²) < 4.78 is 0. The highest BCUT2D eigenvalue weighted by Crippen LogP contribution is 2.10. The third-order valence-electron chi connectivity index (χ3n) is 2.60. The molecule has 0 aromatic carbocycles. The lowest BCUT2D eigenvalue weighted by atomic mass is 10.1. The number of hydrogen-bond acceptors (Lipinski definition) is 2. The van der Waals surface area contributed by atoms with Gasteiger partial charge in [0.15, 0.2) is 0 Å². The van der Waals surface area contributed by atoms with E-state index in [0.29, 0.717) is 0 Å². The molecule has 90 valence electrons. The molecule has 1 atom stereocenters. The fourth-order valence-electron chi connectivity index (χ4n) is 1.62. The van der Waals surface area contributed by atoms with Crippen molar-refractivity contribution in [1.29, 1.82) is 0 Å². The van der Waals surface area contributed by atoms with Gasteiger partial charge in [-0.1, -0.05) is 45.1 Å². The Balaban J connectivity index is 3.02. The molecule has 0 aromatic heterocycles. The second kappa shape index (κ2) is 12.2. The van der Waals surface area contributed by atoms with E-state index >= 15 is 0 Å². The summed E-state index contributed by atoms with van der Waals surface area (Å²) in [5.41, 5.74) is 5.43. The van der Waals surface area contributed by atoms with Crippen molar-refractivity contribution >= 4 is 9.52 Å². The minimum Gasteiger partial charge on any atom is -0.393 e. The average Bonchev–Trinajstić information content (AvgIpc) is 2.25. The van der Waals surface area contributed by atoms with Crippen molar-refractivity contribution in [3.63, 3.8) is 0 Å². The Morgan fingerprint density at radius 1 is 1.07 bits per heavy atom. The molecule has 0 saturated heterocycles. The molecule has 0 saturated carbocycles. The van der Waals surface area contributed by atoms with Crippen LogP contribution in [0.25, 0.3) is 0 Å². The lowest BCUT2D eigenvalue weighted by Crippen LogP contribution is -2.06. The first-order valence-corrected chi connectivity index (χ1v) is 7.81. The summed E-state index contributed by atoms with van der Waals surface area (Å²) in [6.07, 6.45) is 8.09. The molecule has 0 aliphatic rings. The van der Waals surface area contributed by atoms with Crippen LogP contribution >= 0.6 is 0 Å². The topological polar surface area (TPSA) is 46.2 Å². The van der Waals surface area contributed by atoms with Crippen molar-refractivity contribution < 1.29 is 5.11 Å². The maximum absolute atomic E-state index is 9.61. The van der Waals surface area contributed by atoms with E-state index in [0.717, 1.165) is 28.9 Å². The molecule has 0 amide bonds. The van der Waals surface area contributed by atoms with Crippen LogP contribution in [0.5, 0.6) is 0 Å². The Kier molecular flexibility index (Phi) is 12.3. The van der Waals surface area contributed by atoms with E-state index in [-0.39, 0.29) is 6.10 Å². The third kappa shape index (κ3) is 12.1. The first-order chi connectivity index (χ1) is 7.31. The SMILES string of the molecule is CCCCC(O)CCCCC[Si]CCN. The summed E-state index contributed by atoms with van der Waals surface area (Å²) in [5, 5.41) is 9.61. The summed E-state index contributed by atoms with van der Waals surface area (Å²) in [4.78, 5) is 0. The van der Waals surface area contributed by atoms with Crippen molar-refractivity contribution in [1.82, 2.24) is 0 Å². The zero-order valence-electron chi connectivity index (χ0n) is 10.2. The monoisotopic (exact) mass is 229 g/mol. The van der Waals surface area contributed by atoms with Crippen LogP contribution in [0.15, 0.2) is 0 Å². The highest BCUT2D eigenvalue weighted by Gasteiger charge is 2.02. The number of aliphatic hydroxyl groups excluding tert-OH is 1. The molecule has 1 unspecified atom stereocenters. The molecule has 0 aromatic rings. The van der Waals surface area contributed by atoms with Crippen LogP contribution < -0.4 is 5.73 Å². The molecule has 0 aliphatic carbocycles. The first kappa shape index (κ1) is 15.1. The molecule has 3 N–H and O–H groups in total. The van der Waals surface area contributed by atoms with Crippen molar-refractivity contribution in [2.24, 2.45) is 5.73 Å². The Morgan fingerprint density at radius 2 is 1.80 bits per heavy atom. The van der Waals surface area contributed by atoms with Gasteiger partial charge in [0.2, 0.25) is 0 Å². The molecule has 0 aliphatic heterocycles. The zero-order chi connectivity index (χ0) is 11.4. The second-order valence-electron chi connectivity index (χ2n) is 4.18. The van der Waals surface area contributed by atoms with Crippen LogP contribution in [0.1, 0.15) is 51.9 Å². The molecule has 15 heavy (non-hydrogen) atoms. The number of nitrogens with two attached hydrogens (primary N) is 1.